The van der Waals surface area contributed by atoms with Crippen LogP contribution >= 0.6 is 11.3 Å². The van der Waals surface area contributed by atoms with Crippen molar-refractivity contribution in [2.24, 2.45) is 0 Å². The highest BCUT2D eigenvalue weighted by molar-refractivity contribution is 7.23. The Hall–Kier alpha value is -1.42. The predicted molar refractivity (Wildman–Crippen MR) is 57.2 cm³/mol. The first kappa shape index (κ1) is 8.19. The Kier molecular flexibility index (Phi) is 1.77. The topological polar surface area (TPSA) is 61.3 Å². The van der Waals surface area contributed by atoms with E-state index in [1.54, 1.807) is 7.11 Å². The summed E-state index contributed by atoms with van der Waals surface area (Å²) in [6.45, 7) is 0. The average molecular weight is 194 g/mol. The summed E-state index contributed by atoms with van der Waals surface area (Å²) in [6, 6.07) is 5.79. The third-order valence-electron chi connectivity index (χ3n) is 1.96. The summed E-state index contributed by atoms with van der Waals surface area (Å²) in [5.41, 5.74) is 12.2. The quantitative estimate of drug-likeness (QED) is 0.730. The largest absolute Gasteiger partial charge is 0.496 e. The molecule has 0 spiro atoms. The highest BCUT2D eigenvalue weighted by atomic mass is 32.1. The van der Waals surface area contributed by atoms with Gasteiger partial charge in [0.05, 0.1) is 18.2 Å². The third-order valence-corrected chi connectivity index (χ3v) is 2.96. The molecule has 0 fully saturated rings. The van der Waals surface area contributed by atoms with Gasteiger partial charge in [0.1, 0.15) is 10.8 Å². The second-order valence-corrected chi connectivity index (χ2v) is 3.80. The van der Waals surface area contributed by atoms with Crippen LogP contribution in [-0.4, -0.2) is 7.11 Å². The molecule has 0 aliphatic heterocycles. The van der Waals surface area contributed by atoms with Gasteiger partial charge < -0.3 is 16.2 Å². The maximum absolute atomic E-state index is 5.82. The Morgan fingerprint density at radius 2 is 2.08 bits per heavy atom. The fourth-order valence-electron chi connectivity index (χ4n) is 1.33. The summed E-state index contributed by atoms with van der Waals surface area (Å²) in [5, 5.41) is 1.58. The van der Waals surface area contributed by atoms with Gasteiger partial charge in [-0.15, -0.1) is 11.3 Å². The zero-order chi connectivity index (χ0) is 9.42. The molecule has 2 rings (SSSR count). The van der Waals surface area contributed by atoms with E-state index in [4.69, 9.17) is 16.2 Å². The van der Waals surface area contributed by atoms with Crippen LogP contribution < -0.4 is 16.2 Å². The smallest absolute Gasteiger partial charge is 0.129 e. The van der Waals surface area contributed by atoms with E-state index in [-0.39, 0.29) is 0 Å². The van der Waals surface area contributed by atoms with Gasteiger partial charge in [-0.05, 0) is 12.1 Å². The van der Waals surface area contributed by atoms with E-state index in [2.05, 4.69) is 0 Å². The van der Waals surface area contributed by atoms with Crippen LogP contribution in [0.15, 0.2) is 18.2 Å². The number of nitrogen functional groups attached to an aromatic ring is 2. The first-order valence-corrected chi connectivity index (χ1v) is 4.66. The van der Waals surface area contributed by atoms with E-state index in [0.29, 0.717) is 10.7 Å². The Morgan fingerprint density at radius 1 is 1.31 bits per heavy atom. The Balaban J connectivity index is 2.87. The molecule has 13 heavy (non-hydrogen) atoms. The summed E-state index contributed by atoms with van der Waals surface area (Å²) < 4.78 is 6.26. The number of rotatable bonds is 1. The molecule has 0 aliphatic carbocycles. The zero-order valence-corrected chi connectivity index (χ0v) is 8.02. The first-order chi connectivity index (χ1) is 6.24. The van der Waals surface area contributed by atoms with Gasteiger partial charge in [0, 0.05) is 4.70 Å². The molecule has 1 aromatic heterocycles. The van der Waals surface area contributed by atoms with Crippen molar-refractivity contribution in [2.45, 2.75) is 0 Å². The summed E-state index contributed by atoms with van der Waals surface area (Å²) in [6.07, 6.45) is 0. The Labute approximate surface area is 79.9 Å². The predicted octanol–water partition coefficient (Wildman–Crippen LogP) is 2.07. The maximum atomic E-state index is 5.82. The minimum Gasteiger partial charge on any atom is -0.496 e. The molecule has 0 radical (unpaired) electrons. The van der Waals surface area contributed by atoms with Crippen molar-refractivity contribution >= 4 is 32.1 Å². The monoisotopic (exact) mass is 194 g/mol. The van der Waals surface area contributed by atoms with Crippen molar-refractivity contribution < 1.29 is 4.74 Å². The highest BCUT2D eigenvalue weighted by Gasteiger charge is 2.10. The molecule has 0 aliphatic rings. The van der Waals surface area contributed by atoms with Crippen LogP contribution in [0.3, 0.4) is 0 Å². The first-order valence-electron chi connectivity index (χ1n) is 3.84. The molecule has 0 unspecified atom stereocenters. The van der Waals surface area contributed by atoms with Crippen molar-refractivity contribution in [3.8, 4) is 5.75 Å². The minimum atomic E-state index is 0.623. The minimum absolute atomic E-state index is 0.623. The SMILES string of the molecule is COc1cccc2sc(N)c(N)c12. The number of thiophene rings is 1. The lowest BCUT2D eigenvalue weighted by molar-refractivity contribution is 0.420. The molecule has 1 aromatic carbocycles. The number of benzene rings is 1. The number of nitrogens with two attached hydrogens (primary N) is 2. The molecule has 1 heterocycles. The summed E-state index contributed by atoms with van der Waals surface area (Å²) in [4.78, 5) is 0. The highest BCUT2D eigenvalue weighted by Crippen LogP contribution is 2.40. The van der Waals surface area contributed by atoms with Gasteiger partial charge in [-0.2, -0.15) is 0 Å². The molecule has 3 nitrogen and oxygen atoms in total. The average Bonchev–Trinajstić information content (AvgIpc) is 2.43. The van der Waals surface area contributed by atoms with Gasteiger partial charge in [0.2, 0.25) is 0 Å². The van der Waals surface area contributed by atoms with E-state index >= 15 is 0 Å². The molecule has 4 heteroatoms. The van der Waals surface area contributed by atoms with E-state index in [0.717, 1.165) is 15.8 Å². The van der Waals surface area contributed by atoms with Crippen LogP contribution in [0.2, 0.25) is 0 Å². The molecule has 0 saturated heterocycles. The van der Waals surface area contributed by atoms with Crippen molar-refractivity contribution in [1.29, 1.82) is 0 Å². The Bertz CT molecular complexity index is 450. The lowest BCUT2D eigenvalue weighted by Gasteiger charge is -2.01. The number of methoxy groups -OCH3 is 1. The standard InChI is InChI=1S/C9H10N2OS/c1-12-5-3-2-4-6-7(5)8(10)9(11)13-6/h2-4H,10-11H2,1H3. The van der Waals surface area contributed by atoms with Crippen LogP contribution in [0.4, 0.5) is 10.7 Å². The zero-order valence-electron chi connectivity index (χ0n) is 7.20. The number of fused-ring (bicyclic) bond motifs is 1. The summed E-state index contributed by atoms with van der Waals surface area (Å²) in [7, 11) is 1.63. The maximum Gasteiger partial charge on any atom is 0.129 e. The van der Waals surface area contributed by atoms with Crippen LogP contribution in [0.1, 0.15) is 0 Å². The number of hydrogen-bond acceptors (Lipinski definition) is 4. The van der Waals surface area contributed by atoms with E-state index in [1.165, 1.54) is 11.3 Å². The Morgan fingerprint density at radius 3 is 2.77 bits per heavy atom. The van der Waals surface area contributed by atoms with Crippen molar-refractivity contribution in [1.82, 2.24) is 0 Å². The fraction of sp³-hybridized carbons (Fsp3) is 0.111. The van der Waals surface area contributed by atoms with E-state index in [9.17, 15) is 0 Å². The summed E-state index contributed by atoms with van der Waals surface area (Å²) in [5.74, 6) is 0.781. The van der Waals surface area contributed by atoms with E-state index < -0.39 is 0 Å². The van der Waals surface area contributed by atoms with E-state index in [1.807, 2.05) is 18.2 Å². The van der Waals surface area contributed by atoms with Crippen LogP contribution in [0, 0.1) is 0 Å². The third kappa shape index (κ3) is 1.10. The number of ether oxygens (including phenoxy) is 1. The molecular weight excluding hydrogens is 184 g/mol. The van der Waals surface area contributed by atoms with Crippen LogP contribution in [0.25, 0.3) is 10.1 Å². The van der Waals surface area contributed by atoms with Gasteiger partial charge in [0.15, 0.2) is 0 Å². The van der Waals surface area contributed by atoms with Crippen LogP contribution in [-0.2, 0) is 0 Å². The van der Waals surface area contributed by atoms with Gasteiger partial charge in [-0.3, -0.25) is 0 Å². The van der Waals surface area contributed by atoms with Gasteiger partial charge >= 0.3 is 0 Å². The molecule has 2 aromatic rings. The van der Waals surface area contributed by atoms with Crippen LogP contribution in [0.5, 0.6) is 5.75 Å². The molecule has 0 atom stereocenters. The molecule has 0 amide bonds. The van der Waals surface area contributed by atoms with Gasteiger partial charge in [-0.25, -0.2) is 0 Å². The number of anilines is 2. The second-order valence-electron chi connectivity index (χ2n) is 2.71. The molecule has 4 N–H and O–H groups in total. The van der Waals surface area contributed by atoms with Crippen molar-refractivity contribution in [2.75, 3.05) is 18.6 Å². The van der Waals surface area contributed by atoms with Gasteiger partial charge in [-0.1, -0.05) is 6.07 Å². The van der Waals surface area contributed by atoms with Gasteiger partial charge in [0.25, 0.3) is 0 Å². The van der Waals surface area contributed by atoms with Crippen molar-refractivity contribution in [3.05, 3.63) is 18.2 Å². The second kappa shape index (κ2) is 2.81. The fourth-order valence-corrected chi connectivity index (χ4v) is 2.24. The number of hydrogen-bond donors (Lipinski definition) is 2. The molecular formula is C9H10N2OS. The van der Waals surface area contributed by atoms with Crippen molar-refractivity contribution in [3.63, 3.8) is 0 Å². The lowest BCUT2D eigenvalue weighted by Crippen LogP contribution is -1.90. The normalized spacial score (nSPS) is 10.5. The molecule has 68 valence electrons. The summed E-state index contributed by atoms with van der Waals surface area (Å²) >= 11 is 1.48. The lowest BCUT2D eigenvalue weighted by atomic mass is 10.2. The molecule has 0 bridgehead atoms. The molecule has 0 saturated carbocycles.